The van der Waals surface area contributed by atoms with E-state index in [-0.39, 0.29) is 12.0 Å². The molecule has 3 heterocycles. The molecule has 0 saturated carbocycles. The fraction of sp³-hybridized carbons (Fsp3) is 0.417. The van der Waals surface area contributed by atoms with Crippen LogP contribution in [0.5, 0.6) is 0 Å². The van der Waals surface area contributed by atoms with Gasteiger partial charge in [-0.05, 0) is 17.5 Å². The molecular weight excluding hydrogens is 290 g/mol. The number of hydrogen-bond donors (Lipinski definition) is 0. The second-order valence-electron chi connectivity index (χ2n) is 4.16. The molecule has 1 aliphatic rings. The minimum Gasteiger partial charge on any atom is -0.373 e. The van der Waals surface area contributed by atoms with Gasteiger partial charge in [-0.3, -0.25) is 4.79 Å². The van der Waals surface area contributed by atoms with Crippen molar-refractivity contribution >= 4 is 49.6 Å². The minimum atomic E-state index is -0.0366. The molecule has 1 amide bonds. The first-order chi connectivity index (χ1) is 8.78. The topological polar surface area (TPSA) is 29.5 Å². The van der Waals surface area contributed by atoms with Crippen molar-refractivity contribution in [1.82, 2.24) is 4.90 Å². The minimum absolute atomic E-state index is 0.0366. The van der Waals surface area contributed by atoms with Gasteiger partial charge in [0.1, 0.15) is 0 Å². The lowest BCUT2D eigenvalue weighted by molar-refractivity contribution is -0.0106. The summed E-state index contributed by atoms with van der Waals surface area (Å²) in [5, 5.41) is 2.05. The molecule has 0 aromatic carbocycles. The summed E-state index contributed by atoms with van der Waals surface area (Å²) in [7, 11) is 0. The Balaban J connectivity index is 1.79. The van der Waals surface area contributed by atoms with E-state index in [0.717, 1.165) is 4.88 Å². The molecule has 1 unspecified atom stereocenters. The van der Waals surface area contributed by atoms with Crippen LogP contribution in [0.15, 0.2) is 17.5 Å². The predicted octanol–water partition coefficient (Wildman–Crippen LogP) is 3.04. The van der Waals surface area contributed by atoms with Crippen molar-refractivity contribution < 1.29 is 9.53 Å². The zero-order valence-electron chi connectivity index (χ0n) is 9.60. The van der Waals surface area contributed by atoms with Gasteiger partial charge in [-0.25, -0.2) is 0 Å². The fourth-order valence-corrected chi connectivity index (χ4v) is 4.29. The van der Waals surface area contributed by atoms with Crippen molar-refractivity contribution in [1.29, 1.82) is 0 Å². The molecule has 1 fully saturated rings. The quantitative estimate of drug-likeness (QED) is 0.798. The van der Waals surface area contributed by atoms with Gasteiger partial charge in [0.05, 0.1) is 23.5 Å². The number of fused-ring (bicyclic) bond motifs is 1. The van der Waals surface area contributed by atoms with Gasteiger partial charge in [0.25, 0.3) is 5.91 Å². The Hall–Kier alpha value is -0.620. The maximum absolute atomic E-state index is 12.4. The summed E-state index contributed by atoms with van der Waals surface area (Å²) in [4.78, 5) is 15.0. The van der Waals surface area contributed by atoms with Crippen molar-refractivity contribution in [3.63, 3.8) is 0 Å². The smallest absolute Gasteiger partial charge is 0.264 e. The summed E-state index contributed by atoms with van der Waals surface area (Å²) in [6.45, 7) is 1.81. The Kier molecular flexibility index (Phi) is 3.56. The number of carbonyl (C=O) groups is 1. The number of nitrogens with zero attached hydrogens (tertiary/aromatic N) is 1. The molecule has 1 aliphatic heterocycles. The Morgan fingerprint density at radius 3 is 3.22 bits per heavy atom. The van der Waals surface area contributed by atoms with Crippen LogP contribution in [0.2, 0.25) is 0 Å². The van der Waals surface area contributed by atoms with Gasteiger partial charge in [0.2, 0.25) is 0 Å². The first-order valence-electron chi connectivity index (χ1n) is 5.72. The molecule has 18 heavy (non-hydrogen) atoms. The average Bonchev–Trinajstić information content (AvgIpc) is 2.98. The zero-order chi connectivity index (χ0) is 12.5. The first-order valence-corrected chi connectivity index (χ1v) is 7.95. The number of carbonyl (C=O) groups excluding carboxylic acids is 1. The molecule has 2 aromatic rings. The Morgan fingerprint density at radius 2 is 2.44 bits per heavy atom. The SMILES string of the molecule is O=C(c1cc2sccc2s1)N1CCOC(CCl)C1. The summed E-state index contributed by atoms with van der Waals surface area (Å²) in [6, 6.07) is 4.04. The van der Waals surface area contributed by atoms with E-state index < -0.39 is 0 Å². The summed E-state index contributed by atoms with van der Waals surface area (Å²) in [5.41, 5.74) is 0. The largest absolute Gasteiger partial charge is 0.373 e. The lowest BCUT2D eigenvalue weighted by Gasteiger charge is -2.31. The third-order valence-corrected chi connectivity index (χ3v) is 5.37. The van der Waals surface area contributed by atoms with Crippen LogP contribution >= 0.6 is 34.3 Å². The molecule has 3 rings (SSSR count). The highest BCUT2D eigenvalue weighted by molar-refractivity contribution is 7.27. The molecule has 0 spiro atoms. The average molecular weight is 302 g/mol. The van der Waals surface area contributed by atoms with Crippen LogP contribution in [0.1, 0.15) is 9.67 Å². The van der Waals surface area contributed by atoms with E-state index in [1.807, 2.05) is 16.3 Å². The molecule has 0 radical (unpaired) electrons. The zero-order valence-corrected chi connectivity index (χ0v) is 12.0. The van der Waals surface area contributed by atoms with Crippen LogP contribution in [-0.4, -0.2) is 42.5 Å². The van der Waals surface area contributed by atoms with Crippen molar-refractivity contribution in [3.05, 3.63) is 22.4 Å². The molecule has 0 bridgehead atoms. The number of halogens is 1. The summed E-state index contributed by atoms with van der Waals surface area (Å²) >= 11 is 9.02. The molecular formula is C12H12ClNO2S2. The van der Waals surface area contributed by atoms with Crippen LogP contribution < -0.4 is 0 Å². The first kappa shape index (κ1) is 12.4. The fourth-order valence-electron chi connectivity index (χ4n) is 2.02. The molecule has 2 aromatic heterocycles. The van der Waals surface area contributed by atoms with E-state index in [4.69, 9.17) is 16.3 Å². The van der Waals surface area contributed by atoms with Crippen LogP contribution in [0.4, 0.5) is 0 Å². The van der Waals surface area contributed by atoms with E-state index in [9.17, 15) is 4.79 Å². The highest BCUT2D eigenvalue weighted by Gasteiger charge is 2.25. The third kappa shape index (κ3) is 2.28. The number of ether oxygens (including phenoxy) is 1. The Morgan fingerprint density at radius 1 is 1.56 bits per heavy atom. The van der Waals surface area contributed by atoms with Gasteiger partial charge < -0.3 is 9.64 Å². The number of hydrogen-bond acceptors (Lipinski definition) is 4. The third-order valence-electron chi connectivity index (χ3n) is 2.95. The number of thiophene rings is 2. The number of amides is 1. The van der Waals surface area contributed by atoms with E-state index in [0.29, 0.717) is 25.6 Å². The summed E-state index contributed by atoms with van der Waals surface area (Å²) < 4.78 is 7.84. The van der Waals surface area contributed by atoms with Crippen molar-refractivity contribution in [2.24, 2.45) is 0 Å². The lowest BCUT2D eigenvalue weighted by atomic mass is 10.3. The maximum atomic E-state index is 12.4. The number of rotatable bonds is 2. The van der Waals surface area contributed by atoms with Crippen molar-refractivity contribution in [3.8, 4) is 0 Å². The van der Waals surface area contributed by atoms with E-state index >= 15 is 0 Å². The molecule has 1 atom stereocenters. The van der Waals surface area contributed by atoms with Gasteiger partial charge in [-0.15, -0.1) is 34.3 Å². The van der Waals surface area contributed by atoms with Gasteiger partial charge in [-0.1, -0.05) is 0 Å². The summed E-state index contributed by atoms with van der Waals surface area (Å²) in [6.07, 6.45) is -0.0366. The van der Waals surface area contributed by atoms with Gasteiger partial charge in [-0.2, -0.15) is 0 Å². The molecule has 3 nitrogen and oxygen atoms in total. The van der Waals surface area contributed by atoms with Crippen LogP contribution in [0, 0.1) is 0 Å². The van der Waals surface area contributed by atoms with E-state index in [1.165, 1.54) is 9.40 Å². The van der Waals surface area contributed by atoms with Crippen molar-refractivity contribution in [2.75, 3.05) is 25.6 Å². The van der Waals surface area contributed by atoms with Crippen LogP contribution in [-0.2, 0) is 4.74 Å². The Bertz CT molecular complexity index is 537. The second-order valence-corrected chi connectivity index (χ2v) is 6.50. The van der Waals surface area contributed by atoms with Gasteiger partial charge >= 0.3 is 0 Å². The van der Waals surface area contributed by atoms with E-state index in [2.05, 4.69) is 6.07 Å². The summed E-state index contributed by atoms with van der Waals surface area (Å²) in [5.74, 6) is 0.533. The highest BCUT2D eigenvalue weighted by Crippen LogP contribution is 2.30. The van der Waals surface area contributed by atoms with Crippen LogP contribution in [0.25, 0.3) is 9.40 Å². The second kappa shape index (κ2) is 5.17. The molecule has 6 heteroatoms. The highest BCUT2D eigenvalue weighted by atomic mass is 35.5. The predicted molar refractivity (Wildman–Crippen MR) is 76.1 cm³/mol. The maximum Gasteiger partial charge on any atom is 0.264 e. The van der Waals surface area contributed by atoms with Gasteiger partial charge in [0, 0.05) is 22.5 Å². The Labute approximate surface area is 118 Å². The molecule has 96 valence electrons. The van der Waals surface area contributed by atoms with Gasteiger partial charge in [0.15, 0.2) is 0 Å². The molecule has 0 aliphatic carbocycles. The number of morpholine rings is 1. The lowest BCUT2D eigenvalue weighted by Crippen LogP contribution is -2.46. The van der Waals surface area contributed by atoms with E-state index in [1.54, 1.807) is 22.7 Å². The van der Waals surface area contributed by atoms with Crippen molar-refractivity contribution in [2.45, 2.75) is 6.10 Å². The standard InChI is InChI=1S/C12H12ClNO2S2/c13-6-8-7-14(2-3-16-8)12(15)11-5-10-9(18-11)1-4-17-10/h1,4-5,8H,2-3,6-7H2. The monoisotopic (exact) mass is 301 g/mol. The normalized spacial score (nSPS) is 20.5. The molecule has 1 saturated heterocycles. The van der Waals surface area contributed by atoms with Crippen LogP contribution in [0.3, 0.4) is 0 Å². The molecule has 0 N–H and O–H groups in total. The number of alkyl halides is 1.